The topological polar surface area (TPSA) is 85.6 Å². The van der Waals surface area contributed by atoms with Gasteiger partial charge in [-0.3, -0.25) is 0 Å². The SMILES string of the molecule is CC(C)(C)C(=O)ON1CCC(n2ncc3c(N4CCOCC4)nc(Cl)nc32)CC1. The fourth-order valence-electron chi connectivity index (χ4n) is 3.60. The minimum absolute atomic E-state index is 0.167. The van der Waals surface area contributed by atoms with Gasteiger partial charge in [0.1, 0.15) is 5.82 Å². The smallest absolute Gasteiger partial charge is 0.330 e. The van der Waals surface area contributed by atoms with E-state index in [0.717, 1.165) is 42.8 Å². The van der Waals surface area contributed by atoms with Crippen LogP contribution in [0.4, 0.5) is 5.82 Å². The number of morpholine rings is 1. The summed E-state index contributed by atoms with van der Waals surface area (Å²) in [6.45, 7) is 9.75. The Morgan fingerprint density at radius 3 is 2.52 bits per heavy atom. The first-order chi connectivity index (χ1) is 13.8. The van der Waals surface area contributed by atoms with E-state index in [9.17, 15) is 4.79 Å². The van der Waals surface area contributed by atoms with Crippen LogP contribution in [-0.2, 0) is 14.4 Å². The van der Waals surface area contributed by atoms with E-state index in [1.807, 2.05) is 31.6 Å². The highest BCUT2D eigenvalue weighted by molar-refractivity contribution is 6.28. The van der Waals surface area contributed by atoms with Gasteiger partial charge in [-0.2, -0.15) is 15.1 Å². The maximum Gasteiger partial charge on any atom is 0.330 e. The van der Waals surface area contributed by atoms with Crippen LogP contribution in [0.1, 0.15) is 39.7 Å². The molecule has 0 aromatic carbocycles. The highest BCUT2D eigenvalue weighted by Gasteiger charge is 2.30. The van der Waals surface area contributed by atoms with Crippen molar-refractivity contribution in [1.82, 2.24) is 24.8 Å². The molecule has 10 heteroatoms. The van der Waals surface area contributed by atoms with Crippen molar-refractivity contribution in [2.24, 2.45) is 5.41 Å². The van der Waals surface area contributed by atoms with Gasteiger partial charge in [-0.25, -0.2) is 9.48 Å². The van der Waals surface area contributed by atoms with Crippen molar-refractivity contribution in [3.63, 3.8) is 0 Å². The molecule has 0 atom stereocenters. The molecule has 2 aliphatic rings. The Bertz CT molecular complexity index is 882. The van der Waals surface area contributed by atoms with Crippen LogP contribution in [0.15, 0.2) is 6.20 Å². The summed E-state index contributed by atoms with van der Waals surface area (Å²) in [5.74, 6) is 0.598. The second-order valence-electron chi connectivity index (χ2n) is 8.53. The number of hydroxylamine groups is 2. The van der Waals surface area contributed by atoms with E-state index in [2.05, 4.69) is 20.0 Å². The number of carbonyl (C=O) groups is 1. The van der Waals surface area contributed by atoms with Crippen LogP contribution < -0.4 is 4.90 Å². The minimum Gasteiger partial charge on any atom is -0.378 e. The Labute approximate surface area is 174 Å². The number of fused-ring (bicyclic) bond motifs is 1. The second-order valence-corrected chi connectivity index (χ2v) is 8.87. The molecule has 0 saturated carbocycles. The van der Waals surface area contributed by atoms with Crippen molar-refractivity contribution < 1.29 is 14.4 Å². The maximum atomic E-state index is 12.1. The normalized spacial score (nSPS) is 19.7. The number of hydrogen-bond acceptors (Lipinski definition) is 8. The molecule has 0 spiro atoms. The lowest BCUT2D eigenvalue weighted by Crippen LogP contribution is -2.39. The molecule has 2 aliphatic heterocycles. The van der Waals surface area contributed by atoms with Crippen molar-refractivity contribution in [2.45, 2.75) is 39.7 Å². The molecule has 0 amide bonds. The molecule has 29 heavy (non-hydrogen) atoms. The van der Waals surface area contributed by atoms with E-state index in [0.29, 0.717) is 26.3 Å². The summed E-state index contributed by atoms with van der Waals surface area (Å²) < 4.78 is 7.38. The molecular formula is C19H27ClN6O3. The zero-order chi connectivity index (χ0) is 20.6. The van der Waals surface area contributed by atoms with Crippen molar-refractivity contribution in [3.8, 4) is 0 Å². The zero-order valence-electron chi connectivity index (χ0n) is 17.1. The predicted molar refractivity (Wildman–Crippen MR) is 109 cm³/mol. The highest BCUT2D eigenvalue weighted by Crippen LogP contribution is 2.31. The third-order valence-corrected chi connectivity index (χ3v) is 5.48. The summed E-state index contributed by atoms with van der Waals surface area (Å²) >= 11 is 6.25. The van der Waals surface area contributed by atoms with Gasteiger partial charge in [0.25, 0.3) is 0 Å². The highest BCUT2D eigenvalue weighted by atomic mass is 35.5. The van der Waals surface area contributed by atoms with E-state index >= 15 is 0 Å². The summed E-state index contributed by atoms with van der Waals surface area (Å²) in [7, 11) is 0. The molecule has 2 saturated heterocycles. The Balaban J connectivity index is 1.51. The number of nitrogens with zero attached hydrogens (tertiary/aromatic N) is 6. The molecule has 0 unspecified atom stereocenters. The number of anilines is 1. The lowest BCUT2D eigenvalue weighted by molar-refractivity contribution is -0.205. The number of ether oxygens (including phenoxy) is 1. The molecule has 0 bridgehead atoms. The van der Waals surface area contributed by atoms with Gasteiger partial charge in [0, 0.05) is 26.2 Å². The minimum atomic E-state index is -0.515. The lowest BCUT2D eigenvalue weighted by Gasteiger charge is -2.32. The summed E-state index contributed by atoms with van der Waals surface area (Å²) in [5, 5.41) is 7.48. The molecule has 0 radical (unpaired) electrons. The van der Waals surface area contributed by atoms with E-state index in [-0.39, 0.29) is 17.3 Å². The summed E-state index contributed by atoms with van der Waals surface area (Å²) in [4.78, 5) is 28.7. The fourth-order valence-corrected chi connectivity index (χ4v) is 3.76. The van der Waals surface area contributed by atoms with Crippen molar-refractivity contribution in [1.29, 1.82) is 0 Å². The Morgan fingerprint density at radius 2 is 1.86 bits per heavy atom. The Morgan fingerprint density at radius 1 is 1.17 bits per heavy atom. The zero-order valence-corrected chi connectivity index (χ0v) is 17.9. The van der Waals surface area contributed by atoms with E-state index < -0.39 is 5.41 Å². The molecular weight excluding hydrogens is 396 g/mol. The molecule has 2 aromatic rings. The standard InChI is InChI=1S/C19H27ClN6O3/c1-19(2,3)17(27)29-25-6-4-13(5-7-25)26-16-14(12-21-26)15(22-18(20)23-16)24-8-10-28-11-9-24/h12-13H,4-11H2,1-3H3. The number of rotatable bonds is 3. The van der Waals surface area contributed by atoms with Crippen molar-refractivity contribution in [3.05, 3.63) is 11.5 Å². The van der Waals surface area contributed by atoms with Gasteiger partial charge in [0.05, 0.1) is 36.3 Å². The molecule has 9 nitrogen and oxygen atoms in total. The van der Waals surface area contributed by atoms with Crippen LogP contribution >= 0.6 is 11.6 Å². The average molecular weight is 423 g/mol. The van der Waals surface area contributed by atoms with Crippen molar-refractivity contribution >= 4 is 34.4 Å². The monoisotopic (exact) mass is 422 g/mol. The van der Waals surface area contributed by atoms with Crippen LogP contribution in [-0.4, -0.2) is 70.2 Å². The summed E-state index contributed by atoms with van der Waals surface area (Å²) in [6.07, 6.45) is 3.44. The summed E-state index contributed by atoms with van der Waals surface area (Å²) in [5.41, 5.74) is 0.232. The number of piperidine rings is 1. The quantitative estimate of drug-likeness (QED) is 0.697. The van der Waals surface area contributed by atoms with Gasteiger partial charge < -0.3 is 14.5 Å². The molecule has 0 N–H and O–H groups in total. The Hall–Kier alpha value is -1.97. The predicted octanol–water partition coefficient (Wildman–Crippen LogP) is 2.46. The molecule has 4 heterocycles. The molecule has 4 rings (SSSR count). The van der Waals surface area contributed by atoms with Crippen LogP contribution in [0.2, 0.25) is 5.28 Å². The summed E-state index contributed by atoms with van der Waals surface area (Å²) in [6, 6.07) is 0.167. The lowest BCUT2D eigenvalue weighted by atomic mass is 9.98. The first-order valence-corrected chi connectivity index (χ1v) is 10.4. The van der Waals surface area contributed by atoms with E-state index in [4.69, 9.17) is 21.2 Å². The van der Waals surface area contributed by atoms with Crippen LogP contribution in [0.3, 0.4) is 0 Å². The van der Waals surface area contributed by atoms with Crippen molar-refractivity contribution in [2.75, 3.05) is 44.3 Å². The molecule has 158 valence electrons. The number of halogens is 1. The first kappa shape index (κ1) is 20.3. The van der Waals surface area contributed by atoms with E-state index in [1.54, 1.807) is 5.06 Å². The largest absolute Gasteiger partial charge is 0.378 e. The Kier molecular flexibility index (Phi) is 5.63. The maximum absolute atomic E-state index is 12.1. The molecule has 2 aromatic heterocycles. The third-order valence-electron chi connectivity index (χ3n) is 5.31. The van der Waals surface area contributed by atoms with Gasteiger partial charge >= 0.3 is 5.97 Å². The fraction of sp³-hybridized carbons (Fsp3) is 0.684. The molecule has 2 fully saturated rings. The first-order valence-electron chi connectivity index (χ1n) is 10.0. The third kappa shape index (κ3) is 4.31. The van der Waals surface area contributed by atoms with Crippen LogP contribution in [0, 0.1) is 5.41 Å². The number of hydrogen-bond donors (Lipinski definition) is 0. The van der Waals surface area contributed by atoms with E-state index in [1.165, 1.54) is 0 Å². The van der Waals surface area contributed by atoms with Crippen LogP contribution in [0.5, 0.6) is 0 Å². The number of aromatic nitrogens is 4. The van der Waals surface area contributed by atoms with Crippen LogP contribution in [0.25, 0.3) is 11.0 Å². The van der Waals surface area contributed by atoms with Gasteiger partial charge in [-0.05, 0) is 45.2 Å². The van der Waals surface area contributed by atoms with Gasteiger partial charge in [-0.15, -0.1) is 5.06 Å². The average Bonchev–Trinajstić information content (AvgIpc) is 3.11. The second kappa shape index (κ2) is 8.04. The molecule has 0 aliphatic carbocycles. The number of carbonyl (C=O) groups excluding carboxylic acids is 1. The van der Waals surface area contributed by atoms with Gasteiger partial charge in [0.2, 0.25) is 5.28 Å². The van der Waals surface area contributed by atoms with Gasteiger partial charge in [0.15, 0.2) is 5.65 Å². The van der Waals surface area contributed by atoms with Gasteiger partial charge in [-0.1, -0.05) is 0 Å².